The van der Waals surface area contributed by atoms with Gasteiger partial charge in [-0.25, -0.2) is 0 Å². The number of halogens is 1. The van der Waals surface area contributed by atoms with E-state index in [2.05, 4.69) is 46.1 Å². The number of nitrogens with two attached hydrogens (primary N) is 1. The van der Waals surface area contributed by atoms with Crippen LogP contribution in [0.1, 0.15) is 24.8 Å². The first-order valence-electron chi connectivity index (χ1n) is 5.84. The first-order chi connectivity index (χ1) is 8.08. The van der Waals surface area contributed by atoms with E-state index in [1.165, 1.54) is 5.56 Å². The third-order valence-electron chi connectivity index (χ3n) is 2.58. The molecule has 1 aromatic rings. The topological polar surface area (TPSA) is 53.1 Å². The second-order valence-electron chi connectivity index (χ2n) is 4.35. The molecule has 1 rings (SSSR count). The van der Waals surface area contributed by atoms with Crippen molar-refractivity contribution in [2.24, 2.45) is 5.73 Å². The number of nitrogens with zero attached hydrogens (tertiary/aromatic N) is 1. The maximum Gasteiger partial charge on any atom is 0.0905 e. The summed E-state index contributed by atoms with van der Waals surface area (Å²) in [4.78, 5) is 2.29. The molecule has 0 spiro atoms. The van der Waals surface area contributed by atoms with Gasteiger partial charge in [-0.15, -0.1) is 0 Å². The van der Waals surface area contributed by atoms with E-state index in [1.807, 2.05) is 6.07 Å². The minimum Gasteiger partial charge on any atom is -0.388 e. The molecule has 0 saturated heterocycles. The standard InChI is InChI=1S/C13H20BrN3/c1-17(8-3-2-7-13(15)16)10-11-5-4-6-12(14)9-11/h4-6,9H,2-3,7-8,10H2,1H3,(H3,15,16). The van der Waals surface area contributed by atoms with Crippen LogP contribution in [0.4, 0.5) is 0 Å². The molecular weight excluding hydrogens is 278 g/mol. The van der Waals surface area contributed by atoms with E-state index in [-0.39, 0.29) is 0 Å². The number of rotatable bonds is 7. The molecule has 17 heavy (non-hydrogen) atoms. The second-order valence-corrected chi connectivity index (χ2v) is 5.27. The van der Waals surface area contributed by atoms with Crippen LogP contribution >= 0.6 is 15.9 Å². The van der Waals surface area contributed by atoms with Crippen LogP contribution in [0.5, 0.6) is 0 Å². The van der Waals surface area contributed by atoms with Gasteiger partial charge in [-0.05, 0) is 44.1 Å². The molecule has 0 aliphatic rings. The lowest BCUT2D eigenvalue weighted by Gasteiger charge is -2.16. The lowest BCUT2D eigenvalue weighted by Crippen LogP contribution is -2.19. The van der Waals surface area contributed by atoms with Crippen molar-refractivity contribution < 1.29 is 0 Å². The molecule has 0 atom stereocenters. The average Bonchev–Trinajstić information content (AvgIpc) is 2.24. The summed E-state index contributed by atoms with van der Waals surface area (Å²) in [6.45, 7) is 2.00. The van der Waals surface area contributed by atoms with Gasteiger partial charge in [-0.1, -0.05) is 28.1 Å². The zero-order valence-electron chi connectivity index (χ0n) is 10.2. The third-order valence-corrected chi connectivity index (χ3v) is 3.07. The molecule has 0 unspecified atom stereocenters. The van der Waals surface area contributed by atoms with Crippen LogP contribution < -0.4 is 5.73 Å². The van der Waals surface area contributed by atoms with Crippen LogP contribution in [-0.4, -0.2) is 24.3 Å². The summed E-state index contributed by atoms with van der Waals surface area (Å²) >= 11 is 3.48. The average molecular weight is 298 g/mol. The maximum absolute atomic E-state index is 7.14. The van der Waals surface area contributed by atoms with Crippen LogP contribution in [0.15, 0.2) is 28.7 Å². The van der Waals surface area contributed by atoms with Crippen LogP contribution in [0.3, 0.4) is 0 Å². The van der Waals surface area contributed by atoms with Gasteiger partial charge in [0.25, 0.3) is 0 Å². The van der Waals surface area contributed by atoms with E-state index < -0.39 is 0 Å². The van der Waals surface area contributed by atoms with Gasteiger partial charge in [-0.3, -0.25) is 5.41 Å². The minimum atomic E-state index is 0.291. The monoisotopic (exact) mass is 297 g/mol. The van der Waals surface area contributed by atoms with Crippen LogP contribution in [0.25, 0.3) is 0 Å². The molecule has 0 heterocycles. The Hall–Kier alpha value is -0.870. The van der Waals surface area contributed by atoms with E-state index in [0.717, 1.165) is 30.4 Å². The minimum absolute atomic E-state index is 0.291. The normalized spacial score (nSPS) is 10.8. The molecule has 1 aromatic carbocycles. The number of hydrogen-bond acceptors (Lipinski definition) is 2. The van der Waals surface area contributed by atoms with Crippen molar-refractivity contribution in [1.82, 2.24) is 4.90 Å². The van der Waals surface area contributed by atoms with E-state index in [1.54, 1.807) is 0 Å². The number of benzene rings is 1. The molecule has 0 fully saturated rings. The van der Waals surface area contributed by atoms with Crippen molar-refractivity contribution in [3.63, 3.8) is 0 Å². The van der Waals surface area contributed by atoms with Gasteiger partial charge in [0.15, 0.2) is 0 Å². The predicted octanol–water partition coefficient (Wildman–Crippen LogP) is 2.99. The Morgan fingerprint density at radius 1 is 1.41 bits per heavy atom. The van der Waals surface area contributed by atoms with Crippen molar-refractivity contribution in [2.45, 2.75) is 25.8 Å². The molecule has 0 aliphatic heterocycles. The fraction of sp³-hybridized carbons (Fsp3) is 0.462. The molecule has 0 amide bonds. The van der Waals surface area contributed by atoms with Crippen LogP contribution in [0, 0.1) is 5.41 Å². The molecule has 0 bridgehead atoms. The largest absolute Gasteiger partial charge is 0.388 e. The Morgan fingerprint density at radius 2 is 2.18 bits per heavy atom. The molecular formula is C13H20BrN3. The molecule has 3 nitrogen and oxygen atoms in total. The van der Waals surface area contributed by atoms with Gasteiger partial charge >= 0.3 is 0 Å². The molecule has 0 aromatic heterocycles. The van der Waals surface area contributed by atoms with Gasteiger partial charge in [-0.2, -0.15) is 0 Å². The number of hydrogen-bond donors (Lipinski definition) is 2. The molecule has 0 radical (unpaired) electrons. The van der Waals surface area contributed by atoms with E-state index in [0.29, 0.717) is 12.3 Å². The highest BCUT2D eigenvalue weighted by Crippen LogP contribution is 2.13. The van der Waals surface area contributed by atoms with Gasteiger partial charge in [0.1, 0.15) is 0 Å². The van der Waals surface area contributed by atoms with Gasteiger partial charge in [0.05, 0.1) is 5.84 Å². The zero-order valence-corrected chi connectivity index (χ0v) is 11.8. The Kier molecular flexibility index (Phi) is 6.22. The molecule has 94 valence electrons. The maximum atomic E-state index is 7.14. The zero-order chi connectivity index (χ0) is 12.7. The first-order valence-corrected chi connectivity index (χ1v) is 6.63. The number of nitrogens with one attached hydrogen (secondary N) is 1. The smallest absolute Gasteiger partial charge is 0.0905 e. The van der Waals surface area contributed by atoms with Gasteiger partial charge < -0.3 is 10.6 Å². The summed E-state index contributed by atoms with van der Waals surface area (Å²) in [7, 11) is 2.12. The first kappa shape index (κ1) is 14.2. The summed E-state index contributed by atoms with van der Waals surface area (Å²) < 4.78 is 1.12. The Balaban J connectivity index is 2.25. The van der Waals surface area contributed by atoms with E-state index >= 15 is 0 Å². The summed E-state index contributed by atoms with van der Waals surface area (Å²) in [5, 5.41) is 7.14. The molecule has 0 aliphatic carbocycles. The lowest BCUT2D eigenvalue weighted by molar-refractivity contribution is 0.319. The fourth-order valence-corrected chi connectivity index (χ4v) is 2.17. The second kappa shape index (κ2) is 7.45. The third kappa shape index (κ3) is 6.44. The molecule has 4 heteroatoms. The van der Waals surface area contributed by atoms with Crippen molar-refractivity contribution in [1.29, 1.82) is 5.41 Å². The highest BCUT2D eigenvalue weighted by Gasteiger charge is 2.01. The Labute approximate surface area is 112 Å². The van der Waals surface area contributed by atoms with E-state index in [4.69, 9.17) is 11.1 Å². The van der Waals surface area contributed by atoms with Crippen molar-refractivity contribution in [2.75, 3.05) is 13.6 Å². The quantitative estimate of drug-likeness (QED) is 0.462. The lowest BCUT2D eigenvalue weighted by atomic mass is 10.2. The highest BCUT2D eigenvalue weighted by molar-refractivity contribution is 9.10. The van der Waals surface area contributed by atoms with Crippen molar-refractivity contribution in [3.05, 3.63) is 34.3 Å². The summed E-state index contributed by atoms with van der Waals surface area (Å²) in [6, 6.07) is 8.38. The van der Waals surface area contributed by atoms with Gasteiger partial charge in [0, 0.05) is 17.4 Å². The summed E-state index contributed by atoms with van der Waals surface area (Å²) in [5.74, 6) is 0.291. The van der Waals surface area contributed by atoms with Crippen LogP contribution in [0.2, 0.25) is 0 Å². The number of unbranched alkanes of at least 4 members (excludes halogenated alkanes) is 1. The predicted molar refractivity (Wildman–Crippen MR) is 76.2 cm³/mol. The highest BCUT2D eigenvalue weighted by atomic mass is 79.9. The van der Waals surface area contributed by atoms with Crippen molar-refractivity contribution >= 4 is 21.8 Å². The molecule has 0 saturated carbocycles. The Morgan fingerprint density at radius 3 is 2.82 bits per heavy atom. The van der Waals surface area contributed by atoms with Crippen molar-refractivity contribution in [3.8, 4) is 0 Å². The summed E-state index contributed by atoms with van der Waals surface area (Å²) in [6.07, 6.45) is 2.80. The fourth-order valence-electron chi connectivity index (χ4n) is 1.72. The SMILES string of the molecule is CN(CCCCC(=N)N)Cc1cccc(Br)c1. The van der Waals surface area contributed by atoms with Crippen LogP contribution in [-0.2, 0) is 6.54 Å². The van der Waals surface area contributed by atoms with Gasteiger partial charge in [0.2, 0.25) is 0 Å². The van der Waals surface area contributed by atoms with E-state index in [9.17, 15) is 0 Å². The number of amidine groups is 1. The summed E-state index contributed by atoms with van der Waals surface area (Å²) in [5.41, 5.74) is 6.63. The Bertz CT molecular complexity index is 365. The molecule has 3 N–H and O–H groups in total.